The Balaban J connectivity index is 2.44. The summed E-state index contributed by atoms with van der Waals surface area (Å²) in [7, 11) is 0. The van der Waals surface area contributed by atoms with Crippen molar-refractivity contribution in [2.75, 3.05) is 5.75 Å². The number of rotatable bonds is 5. The Hall–Kier alpha value is -1.02. The van der Waals surface area contributed by atoms with Gasteiger partial charge in [0.1, 0.15) is 4.88 Å². The van der Waals surface area contributed by atoms with Crippen LogP contribution in [0.25, 0.3) is 0 Å². The minimum atomic E-state index is -2.31. The molecule has 0 unspecified atom stereocenters. The molecule has 0 atom stereocenters. The first kappa shape index (κ1) is 13.0. The monoisotopic (exact) mass is 269 g/mol. The molecule has 3 nitrogen and oxygen atoms in total. The molecule has 0 aliphatic rings. The van der Waals surface area contributed by atoms with Crippen LogP contribution in [0.2, 0.25) is 0 Å². The van der Waals surface area contributed by atoms with Crippen LogP contribution < -0.4 is 0 Å². The second-order valence-electron chi connectivity index (χ2n) is 2.56. The van der Waals surface area contributed by atoms with E-state index in [-0.39, 0.29) is 10.6 Å². The van der Waals surface area contributed by atoms with E-state index in [2.05, 4.69) is 4.98 Å². The Kier molecular flexibility index (Phi) is 4.81. The molecule has 1 rings (SSSR count). The third kappa shape index (κ3) is 3.86. The van der Waals surface area contributed by atoms with E-state index >= 15 is 0 Å². The van der Waals surface area contributed by atoms with Crippen LogP contribution in [0.3, 0.4) is 0 Å². The summed E-state index contributed by atoms with van der Waals surface area (Å²) < 4.78 is 36.1. The first-order valence-corrected chi connectivity index (χ1v) is 5.82. The zero-order valence-corrected chi connectivity index (χ0v) is 9.38. The van der Waals surface area contributed by atoms with E-state index in [0.717, 1.165) is 23.1 Å². The van der Waals surface area contributed by atoms with Gasteiger partial charge in [0, 0.05) is 12.2 Å². The van der Waals surface area contributed by atoms with Gasteiger partial charge in [0.05, 0.1) is 6.20 Å². The number of nitrogens with zero attached hydrogens (tertiary/aromatic N) is 1. The summed E-state index contributed by atoms with van der Waals surface area (Å²) in [5.41, 5.74) is 0. The molecule has 0 spiro atoms. The number of allylic oxidation sites excluding steroid dienone is 1. The van der Waals surface area contributed by atoms with E-state index in [9.17, 15) is 18.0 Å². The van der Waals surface area contributed by atoms with Gasteiger partial charge in [-0.25, -0.2) is 14.2 Å². The molecule has 0 amide bonds. The number of carboxylic acid groups (broad SMARTS) is 1. The van der Waals surface area contributed by atoms with E-state index < -0.39 is 24.3 Å². The van der Waals surface area contributed by atoms with Crippen LogP contribution >= 0.6 is 23.1 Å². The molecule has 1 aromatic rings. The molecule has 0 aromatic carbocycles. The molecule has 0 aliphatic heterocycles. The van der Waals surface area contributed by atoms with Crippen molar-refractivity contribution in [2.45, 2.75) is 10.8 Å². The van der Waals surface area contributed by atoms with Gasteiger partial charge in [-0.15, -0.1) is 11.3 Å². The maximum atomic E-state index is 12.4. The molecule has 1 aromatic heterocycles. The predicted molar refractivity (Wildman–Crippen MR) is 54.8 cm³/mol. The normalized spacial score (nSPS) is 10.2. The van der Waals surface area contributed by atoms with Crippen molar-refractivity contribution in [3.8, 4) is 0 Å². The topological polar surface area (TPSA) is 50.2 Å². The third-order valence-electron chi connectivity index (χ3n) is 1.45. The fourth-order valence-corrected chi connectivity index (χ4v) is 2.57. The zero-order chi connectivity index (χ0) is 12.1. The maximum absolute atomic E-state index is 12.4. The molecule has 1 N–H and O–H groups in total. The van der Waals surface area contributed by atoms with Crippen LogP contribution in [-0.2, 0) is 0 Å². The smallest absolute Gasteiger partial charge is 0.347 e. The number of carbonyl (C=O) groups is 1. The number of aromatic carboxylic acids is 1. The summed E-state index contributed by atoms with van der Waals surface area (Å²) in [6.45, 7) is 0. The molecule has 1 heterocycles. The molecule has 88 valence electrons. The van der Waals surface area contributed by atoms with Crippen LogP contribution in [-0.4, -0.2) is 21.8 Å². The summed E-state index contributed by atoms with van der Waals surface area (Å²) in [6.07, 6.45) is -1.53. The number of thiazole rings is 1. The van der Waals surface area contributed by atoms with Crippen molar-refractivity contribution < 1.29 is 23.1 Å². The van der Waals surface area contributed by atoms with Gasteiger partial charge in [-0.3, -0.25) is 0 Å². The molecule has 0 saturated carbocycles. The van der Waals surface area contributed by atoms with Gasteiger partial charge in [-0.2, -0.15) is 8.78 Å². The van der Waals surface area contributed by atoms with Crippen LogP contribution in [0.1, 0.15) is 16.1 Å². The molecule has 0 saturated heterocycles. The SMILES string of the molecule is O=C(O)c1cnc(SCCC(F)=C(F)F)s1. The highest BCUT2D eigenvalue weighted by Gasteiger charge is 2.10. The number of halogens is 3. The number of hydrogen-bond donors (Lipinski definition) is 1. The molecule has 8 heteroatoms. The van der Waals surface area contributed by atoms with Crippen LogP contribution in [0.15, 0.2) is 22.4 Å². The molecule has 0 bridgehead atoms. The van der Waals surface area contributed by atoms with E-state index in [4.69, 9.17) is 5.11 Å². The first-order valence-electron chi connectivity index (χ1n) is 4.02. The van der Waals surface area contributed by atoms with E-state index in [0.29, 0.717) is 4.34 Å². The minimum Gasteiger partial charge on any atom is -0.477 e. The fraction of sp³-hybridized carbons (Fsp3) is 0.250. The summed E-state index contributed by atoms with van der Waals surface area (Å²) in [5.74, 6) is -2.44. The number of thioether (sulfide) groups is 1. The van der Waals surface area contributed by atoms with Gasteiger partial charge in [0.15, 0.2) is 10.2 Å². The molecular formula is C8H6F3NO2S2. The largest absolute Gasteiger partial charge is 0.477 e. The lowest BCUT2D eigenvalue weighted by Gasteiger charge is -1.94. The summed E-state index contributed by atoms with van der Waals surface area (Å²) in [4.78, 5) is 14.3. The molecule has 0 aliphatic carbocycles. The van der Waals surface area contributed by atoms with Crippen LogP contribution in [0, 0.1) is 0 Å². The van der Waals surface area contributed by atoms with Crippen molar-refractivity contribution in [2.24, 2.45) is 0 Å². The van der Waals surface area contributed by atoms with E-state index in [1.807, 2.05) is 0 Å². The molecular weight excluding hydrogens is 263 g/mol. The van der Waals surface area contributed by atoms with Gasteiger partial charge in [0.2, 0.25) is 0 Å². The average molecular weight is 269 g/mol. The second kappa shape index (κ2) is 5.90. The highest BCUT2D eigenvalue weighted by atomic mass is 32.2. The third-order valence-corrected chi connectivity index (χ3v) is 3.59. The predicted octanol–water partition coefficient (Wildman–Crippen LogP) is 3.40. The summed E-state index contributed by atoms with van der Waals surface area (Å²) >= 11 is 1.97. The average Bonchev–Trinajstić information content (AvgIpc) is 2.66. The van der Waals surface area contributed by atoms with E-state index in [1.165, 1.54) is 6.20 Å². The lowest BCUT2D eigenvalue weighted by molar-refractivity contribution is 0.0702. The maximum Gasteiger partial charge on any atom is 0.347 e. The van der Waals surface area contributed by atoms with Crippen molar-refractivity contribution >= 4 is 29.1 Å². The standard InChI is InChI=1S/C8H6F3NO2S2/c9-4(6(10)11)1-2-15-8-12-3-5(16-8)7(13)14/h3H,1-2H2,(H,13,14). The van der Waals surface area contributed by atoms with Gasteiger partial charge in [0.25, 0.3) is 0 Å². The van der Waals surface area contributed by atoms with Crippen LogP contribution in [0.4, 0.5) is 13.2 Å². The second-order valence-corrected chi connectivity index (χ2v) is 4.93. The van der Waals surface area contributed by atoms with Gasteiger partial charge in [-0.1, -0.05) is 11.8 Å². The fourth-order valence-electron chi connectivity index (χ4n) is 0.746. The Morgan fingerprint density at radius 3 is 2.69 bits per heavy atom. The molecule has 16 heavy (non-hydrogen) atoms. The molecule has 0 fully saturated rings. The summed E-state index contributed by atoms with van der Waals surface area (Å²) in [5, 5.41) is 8.58. The Morgan fingerprint density at radius 2 is 2.19 bits per heavy atom. The molecule has 0 radical (unpaired) electrons. The minimum absolute atomic E-state index is 0.0650. The Morgan fingerprint density at radius 1 is 1.50 bits per heavy atom. The quantitative estimate of drug-likeness (QED) is 0.832. The lowest BCUT2D eigenvalue weighted by atomic mass is 10.4. The lowest BCUT2D eigenvalue weighted by Crippen LogP contribution is -1.89. The number of aromatic nitrogens is 1. The van der Waals surface area contributed by atoms with Gasteiger partial charge in [-0.05, 0) is 0 Å². The Bertz CT molecular complexity index is 415. The van der Waals surface area contributed by atoms with Crippen LogP contribution in [0.5, 0.6) is 0 Å². The Labute approximate surface area is 97.0 Å². The van der Waals surface area contributed by atoms with Crippen molar-refractivity contribution in [1.29, 1.82) is 0 Å². The van der Waals surface area contributed by atoms with E-state index in [1.54, 1.807) is 0 Å². The summed E-state index contributed by atoms with van der Waals surface area (Å²) in [6, 6.07) is 0. The highest BCUT2D eigenvalue weighted by Crippen LogP contribution is 2.26. The first-order chi connectivity index (χ1) is 7.50. The zero-order valence-electron chi connectivity index (χ0n) is 7.74. The van der Waals surface area contributed by atoms with Gasteiger partial charge < -0.3 is 5.11 Å². The van der Waals surface area contributed by atoms with Gasteiger partial charge >= 0.3 is 12.0 Å². The van der Waals surface area contributed by atoms with Crippen molar-refractivity contribution in [3.05, 3.63) is 23.0 Å². The highest BCUT2D eigenvalue weighted by molar-refractivity contribution is 8.01. The van der Waals surface area contributed by atoms with Crippen molar-refractivity contribution in [1.82, 2.24) is 4.98 Å². The number of hydrogen-bond acceptors (Lipinski definition) is 4. The number of carboxylic acids is 1. The van der Waals surface area contributed by atoms with Crippen molar-refractivity contribution in [3.63, 3.8) is 0 Å².